The SMILES string of the molecule is CCc1ccc2c(c1)nc(N)n2N. The molecular weight excluding hydrogens is 164 g/mol. The molecule has 0 bridgehead atoms. The molecule has 2 rings (SSSR count). The van der Waals surface area contributed by atoms with Gasteiger partial charge >= 0.3 is 0 Å². The second-order valence-electron chi connectivity index (χ2n) is 3.02. The Bertz CT molecular complexity index is 444. The van der Waals surface area contributed by atoms with E-state index in [-0.39, 0.29) is 0 Å². The van der Waals surface area contributed by atoms with Crippen molar-refractivity contribution in [2.75, 3.05) is 11.6 Å². The van der Waals surface area contributed by atoms with E-state index in [2.05, 4.69) is 11.9 Å². The van der Waals surface area contributed by atoms with Gasteiger partial charge in [0.05, 0.1) is 11.0 Å². The maximum Gasteiger partial charge on any atom is 0.220 e. The van der Waals surface area contributed by atoms with Crippen LogP contribution in [-0.4, -0.2) is 9.66 Å². The topological polar surface area (TPSA) is 69.9 Å². The minimum atomic E-state index is 0.350. The van der Waals surface area contributed by atoms with Crippen LogP contribution in [0.2, 0.25) is 0 Å². The number of rotatable bonds is 1. The van der Waals surface area contributed by atoms with Gasteiger partial charge in [0.1, 0.15) is 0 Å². The molecule has 4 N–H and O–H groups in total. The molecule has 0 fully saturated rings. The van der Waals surface area contributed by atoms with E-state index in [4.69, 9.17) is 11.6 Å². The molecule has 4 heteroatoms. The predicted octanol–water partition coefficient (Wildman–Crippen LogP) is 0.895. The van der Waals surface area contributed by atoms with Gasteiger partial charge in [0.2, 0.25) is 5.95 Å². The van der Waals surface area contributed by atoms with Crippen LogP contribution in [0.1, 0.15) is 12.5 Å². The smallest absolute Gasteiger partial charge is 0.220 e. The minimum Gasteiger partial charge on any atom is -0.368 e. The fourth-order valence-electron chi connectivity index (χ4n) is 1.38. The first-order valence-corrected chi connectivity index (χ1v) is 4.24. The number of aryl methyl sites for hydroxylation is 1. The zero-order valence-electron chi connectivity index (χ0n) is 7.49. The Morgan fingerprint density at radius 2 is 2.23 bits per heavy atom. The van der Waals surface area contributed by atoms with Crippen LogP contribution >= 0.6 is 0 Å². The number of aromatic nitrogens is 2. The van der Waals surface area contributed by atoms with Crippen molar-refractivity contribution in [3.63, 3.8) is 0 Å². The van der Waals surface area contributed by atoms with E-state index in [1.807, 2.05) is 18.2 Å². The number of imidazole rings is 1. The highest BCUT2D eigenvalue weighted by atomic mass is 15.4. The lowest BCUT2D eigenvalue weighted by Gasteiger charge is -1.97. The fraction of sp³-hybridized carbons (Fsp3) is 0.222. The molecule has 0 saturated heterocycles. The number of hydrogen-bond donors (Lipinski definition) is 2. The van der Waals surface area contributed by atoms with Crippen LogP contribution in [0.5, 0.6) is 0 Å². The molecule has 0 atom stereocenters. The first-order valence-electron chi connectivity index (χ1n) is 4.24. The van der Waals surface area contributed by atoms with E-state index in [1.54, 1.807) is 0 Å². The Labute approximate surface area is 76.1 Å². The lowest BCUT2D eigenvalue weighted by Crippen LogP contribution is -2.11. The van der Waals surface area contributed by atoms with Gasteiger partial charge in [-0.25, -0.2) is 9.66 Å². The van der Waals surface area contributed by atoms with Crippen molar-refractivity contribution in [3.8, 4) is 0 Å². The second-order valence-corrected chi connectivity index (χ2v) is 3.02. The summed E-state index contributed by atoms with van der Waals surface area (Å²) in [5.41, 5.74) is 8.54. The fourth-order valence-corrected chi connectivity index (χ4v) is 1.38. The number of hydrogen-bond acceptors (Lipinski definition) is 3. The number of anilines is 1. The molecule has 0 saturated carbocycles. The van der Waals surface area contributed by atoms with Crippen molar-refractivity contribution in [2.24, 2.45) is 0 Å². The summed E-state index contributed by atoms with van der Waals surface area (Å²) in [5.74, 6) is 6.01. The molecular formula is C9H12N4. The first kappa shape index (κ1) is 7.91. The van der Waals surface area contributed by atoms with Crippen LogP contribution < -0.4 is 11.6 Å². The highest BCUT2D eigenvalue weighted by Crippen LogP contribution is 2.16. The predicted molar refractivity (Wildman–Crippen MR) is 53.7 cm³/mol. The Morgan fingerprint density at radius 1 is 1.46 bits per heavy atom. The molecule has 1 heterocycles. The first-order chi connectivity index (χ1) is 6.22. The number of nitrogens with two attached hydrogens (primary N) is 2. The van der Waals surface area contributed by atoms with Gasteiger partial charge in [-0.1, -0.05) is 13.0 Å². The maximum absolute atomic E-state index is 5.66. The summed E-state index contributed by atoms with van der Waals surface area (Å²) in [5, 5.41) is 0. The average Bonchev–Trinajstić information content (AvgIpc) is 2.42. The molecule has 2 aromatic rings. The molecule has 0 amide bonds. The zero-order valence-corrected chi connectivity index (χ0v) is 7.49. The normalized spacial score (nSPS) is 10.8. The van der Waals surface area contributed by atoms with Crippen molar-refractivity contribution in [2.45, 2.75) is 13.3 Å². The van der Waals surface area contributed by atoms with Gasteiger partial charge in [-0.2, -0.15) is 0 Å². The quantitative estimate of drug-likeness (QED) is 0.634. The largest absolute Gasteiger partial charge is 0.368 e. The van der Waals surface area contributed by atoms with Gasteiger partial charge in [-0.3, -0.25) is 0 Å². The van der Waals surface area contributed by atoms with Crippen molar-refractivity contribution in [3.05, 3.63) is 23.8 Å². The maximum atomic E-state index is 5.66. The molecule has 0 aliphatic rings. The zero-order chi connectivity index (χ0) is 9.42. The third kappa shape index (κ3) is 1.11. The summed E-state index contributed by atoms with van der Waals surface area (Å²) in [4.78, 5) is 4.14. The number of benzene rings is 1. The van der Waals surface area contributed by atoms with E-state index in [9.17, 15) is 0 Å². The second kappa shape index (κ2) is 2.65. The van der Waals surface area contributed by atoms with E-state index in [1.165, 1.54) is 10.2 Å². The third-order valence-electron chi connectivity index (χ3n) is 2.19. The summed E-state index contributed by atoms with van der Waals surface area (Å²) < 4.78 is 1.40. The summed E-state index contributed by atoms with van der Waals surface area (Å²) in [6, 6.07) is 5.99. The highest BCUT2D eigenvalue weighted by molar-refractivity contribution is 5.79. The molecule has 0 spiro atoms. The molecule has 0 unspecified atom stereocenters. The van der Waals surface area contributed by atoms with Crippen molar-refractivity contribution in [1.29, 1.82) is 0 Å². The molecule has 0 aliphatic carbocycles. The summed E-state index contributed by atoms with van der Waals surface area (Å²) in [7, 11) is 0. The number of nitrogens with zero attached hydrogens (tertiary/aromatic N) is 2. The van der Waals surface area contributed by atoms with Gasteiger partial charge in [0, 0.05) is 0 Å². The summed E-state index contributed by atoms with van der Waals surface area (Å²) >= 11 is 0. The van der Waals surface area contributed by atoms with Crippen LogP contribution in [0, 0.1) is 0 Å². The van der Waals surface area contributed by atoms with Crippen molar-refractivity contribution in [1.82, 2.24) is 9.66 Å². The average molecular weight is 176 g/mol. The third-order valence-corrected chi connectivity index (χ3v) is 2.19. The van der Waals surface area contributed by atoms with Gasteiger partial charge in [-0.05, 0) is 24.1 Å². The van der Waals surface area contributed by atoms with Crippen LogP contribution in [0.3, 0.4) is 0 Å². The lowest BCUT2D eigenvalue weighted by atomic mass is 10.1. The van der Waals surface area contributed by atoms with Gasteiger partial charge in [0.15, 0.2) is 0 Å². The van der Waals surface area contributed by atoms with Crippen LogP contribution in [-0.2, 0) is 6.42 Å². The summed E-state index contributed by atoms with van der Waals surface area (Å²) in [6.45, 7) is 2.10. The van der Waals surface area contributed by atoms with E-state index in [0.717, 1.165) is 17.5 Å². The molecule has 1 aromatic heterocycles. The monoisotopic (exact) mass is 176 g/mol. The van der Waals surface area contributed by atoms with Gasteiger partial charge < -0.3 is 11.6 Å². The van der Waals surface area contributed by atoms with Gasteiger partial charge in [0.25, 0.3) is 0 Å². The standard InChI is InChI=1S/C9H12N4/c1-2-6-3-4-8-7(5-6)12-9(10)13(8)11/h3-5H,2,11H2,1H3,(H2,10,12). The molecule has 0 radical (unpaired) electrons. The molecule has 68 valence electrons. The van der Waals surface area contributed by atoms with Crippen LogP contribution in [0.25, 0.3) is 11.0 Å². The Kier molecular flexibility index (Phi) is 1.62. The molecule has 4 nitrogen and oxygen atoms in total. The lowest BCUT2D eigenvalue weighted by molar-refractivity contribution is 1.05. The van der Waals surface area contributed by atoms with E-state index in [0.29, 0.717) is 5.95 Å². The van der Waals surface area contributed by atoms with E-state index < -0.39 is 0 Å². The van der Waals surface area contributed by atoms with Gasteiger partial charge in [-0.15, -0.1) is 0 Å². The molecule has 13 heavy (non-hydrogen) atoms. The van der Waals surface area contributed by atoms with Crippen LogP contribution in [0.15, 0.2) is 18.2 Å². The molecule has 0 aliphatic heterocycles. The Balaban J connectivity index is 2.73. The minimum absolute atomic E-state index is 0.350. The highest BCUT2D eigenvalue weighted by Gasteiger charge is 2.04. The van der Waals surface area contributed by atoms with Crippen molar-refractivity contribution < 1.29 is 0 Å². The number of nitrogen functional groups attached to an aromatic ring is 2. The number of fused-ring (bicyclic) bond motifs is 1. The van der Waals surface area contributed by atoms with E-state index >= 15 is 0 Å². The Morgan fingerprint density at radius 3 is 2.92 bits per heavy atom. The summed E-state index contributed by atoms with van der Waals surface area (Å²) in [6.07, 6.45) is 0.993. The van der Waals surface area contributed by atoms with Crippen LogP contribution in [0.4, 0.5) is 5.95 Å². The molecule has 1 aromatic carbocycles. The Hall–Kier alpha value is -1.71. The van der Waals surface area contributed by atoms with Crippen molar-refractivity contribution >= 4 is 17.0 Å².